The number of para-hydroxylation sites is 1. The maximum atomic E-state index is 14.2. The molecule has 6 rings (SSSR count). The Hall–Kier alpha value is -3.93. The monoisotopic (exact) mass is 395 g/mol. The van der Waals surface area contributed by atoms with Crippen LogP contribution in [0.3, 0.4) is 0 Å². The molecule has 0 fully saturated rings. The van der Waals surface area contributed by atoms with E-state index >= 15 is 0 Å². The van der Waals surface area contributed by atoms with Gasteiger partial charge in [-0.25, -0.2) is 0 Å². The molecule has 146 valence electrons. The normalized spacial score (nSPS) is 20.8. The summed E-state index contributed by atoms with van der Waals surface area (Å²) in [7, 11) is 0. The molecule has 2 aromatic carbocycles. The Morgan fingerprint density at radius 2 is 1.87 bits per heavy atom. The van der Waals surface area contributed by atoms with Crippen LogP contribution < -0.4 is 10.2 Å². The fourth-order valence-corrected chi connectivity index (χ4v) is 5.15. The minimum Gasteiger partial charge on any atom is -0.338 e. The zero-order chi connectivity index (χ0) is 20.6. The number of fused-ring (bicyclic) bond motifs is 7. The first-order chi connectivity index (χ1) is 14.6. The van der Waals surface area contributed by atoms with Crippen molar-refractivity contribution in [3.63, 3.8) is 0 Å². The van der Waals surface area contributed by atoms with Crippen molar-refractivity contribution >= 4 is 29.0 Å². The number of hydrogen-bond donors (Lipinski definition) is 1. The van der Waals surface area contributed by atoms with Gasteiger partial charge in [0, 0.05) is 34.5 Å². The summed E-state index contributed by atoms with van der Waals surface area (Å²) in [6.07, 6.45) is 1.69. The second-order valence-corrected chi connectivity index (χ2v) is 7.69. The Morgan fingerprint density at radius 3 is 2.67 bits per heavy atom. The molecule has 2 aliphatic heterocycles. The van der Waals surface area contributed by atoms with E-state index < -0.39 is 5.41 Å². The number of benzene rings is 2. The molecule has 0 radical (unpaired) electrons. The van der Waals surface area contributed by atoms with Gasteiger partial charge < -0.3 is 14.7 Å². The van der Waals surface area contributed by atoms with Crippen LogP contribution in [0.2, 0.25) is 0 Å². The van der Waals surface area contributed by atoms with Gasteiger partial charge in [0.05, 0.1) is 17.0 Å². The molecule has 1 spiro atoms. The summed E-state index contributed by atoms with van der Waals surface area (Å²) < 4.78 is 5.59. The predicted octanol–water partition coefficient (Wildman–Crippen LogP) is 3.83. The van der Waals surface area contributed by atoms with E-state index in [-0.39, 0.29) is 11.7 Å². The minimum absolute atomic E-state index is 0.150. The summed E-state index contributed by atoms with van der Waals surface area (Å²) in [6, 6.07) is 15.0. The van der Waals surface area contributed by atoms with Crippen molar-refractivity contribution in [2.75, 3.05) is 16.8 Å². The first-order valence-electron chi connectivity index (χ1n) is 9.75. The first kappa shape index (κ1) is 17.0. The van der Waals surface area contributed by atoms with E-state index in [0.29, 0.717) is 40.5 Å². The summed E-state index contributed by atoms with van der Waals surface area (Å²) in [6.45, 7) is 5.96. The van der Waals surface area contributed by atoms with Crippen molar-refractivity contribution in [3.8, 4) is 0 Å². The molecule has 0 bridgehead atoms. The van der Waals surface area contributed by atoms with Crippen molar-refractivity contribution in [2.45, 2.75) is 12.3 Å². The number of aryl methyl sites for hydroxylation is 1. The molecule has 1 N–H and O–H groups in total. The van der Waals surface area contributed by atoms with Crippen LogP contribution in [0.4, 0.5) is 11.6 Å². The average molecular weight is 395 g/mol. The Balaban J connectivity index is 1.77. The number of ketones is 1. The third-order valence-corrected chi connectivity index (χ3v) is 6.25. The lowest BCUT2D eigenvalue weighted by molar-refractivity contribution is -0.120. The van der Waals surface area contributed by atoms with E-state index in [0.717, 1.165) is 16.8 Å². The quantitative estimate of drug-likeness (QED) is 0.668. The third kappa shape index (κ3) is 1.73. The number of nitrogens with one attached hydrogen (secondary N) is 1. The summed E-state index contributed by atoms with van der Waals surface area (Å²) in [5.74, 6) is 0.0635. The van der Waals surface area contributed by atoms with Crippen LogP contribution in [-0.4, -0.2) is 23.4 Å². The number of hydrogen-bond acceptors (Lipinski definition) is 5. The molecule has 1 atom stereocenters. The molecule has 3 aliphatic rings. The number of amides is 1. The van der Waals surface area contributed by atoms with Crippen molar-refractivity contribution in [3.05, 3.63) is 94.7 Å². The van der Waals surface area contributed by atoms with E-state index in [1.165, 1.54) is 0 Å². The molecule has 3 aromatic rings. The van der Waals surface area contributed by atoms with E-state index in [2.05, 4.69) is 17.1 Å². The summed E-state index contributed by atoms with van der Waals surface area (Å²) in [4.78, 5) is 29.6. The van der Waals surface area contributed by atoms with E-state index in [1.807, 2.05) is 42.5 Å². The maximum Gasteiger partial charge on any atom is 0.247 e. The Kier molecular flexibility index (Phi) is 3.15. The highest BCUT2D eigenvalue weighted by Gasteiger charge is 2.63. The number of carbonyl (C=O) groups excluding carboxylic acids is 2. The first-order valence-corrected chi connectivity index (χ1v) is 9.75. The van der Waals surface area contributed by atoms with Gasteiger partial charge in [-0.1, -0.05) is 53.7 Å². The van der Waals surface area contributed by atoms with Gasteiger partial charge in [0.1, 0.15) is 5.41 Å². The molecule has 0 saturated heterocycles. The van der Waals surface area contributed by atoms with Crippen LogP contribution in [0.25, 0.3) is 5.70 Å². The average Bonchev–Trinajstić information content (AvgIpc) is 3.36. The van der Waals surface area contributed by atoms with Crippen LogP contribution in [0.5, 0.6) is 0 Å². The topological polar surface area (TPSA) is 75.4 Å². The van der Waals surface area contributed by atoms with Gasteiger partial charge in [-0.05, 0) is 13.0 Å². The highest BCUT2D eigenvalue weighted by atomic mass is 16.5. The largest absolute Gasteiger partial charge is 0.338 e. The van der Waals surface area contributed by atoms with E-state index in [4.69, 9.17) is 4.52 Å². The number of Topliss-reactive ketones (excluding diaryl/α,β-unsaturated/α-hetero) is 1. The fourth-order valence-electron chi connectivity index (χ4n) is 5.15. The Labute approximate surface area is 172 Å². The van der Waals surface area contributed by atoms with Gasteiger partial charge in [0.15, 0.2) is 5.78 Å². The van der Waals surface area contributed by atoms with E-state index in [9.17, 15) is 9.59 Å². The van der Waals surface area contributed by atoms with Gasteiger partial charge >= 0.3 is 0 Å². The van der Waals surface area contributed by atoms with Crippen LogP contribution in [0, 0.1) is 6.92 Å². The number of anilines is 2. The fraction of sp³-hybridized carbons (Fsp3) is 0.125. The number of carbonyl (C=O) groups is 2. The molecule has 1 aromatic heterocycles. The SMILES string of the molecule is C=CCN1C(=O)C2(C3=C(Nc4onc(C)c42)c2ccccc2C3=O)c2ccccc21. The Morgan fingerprint density at radius 1 is 1.13 bits per heavy atom. The van der Waals surface area contributed by atoms with Crippen LogP contribution >= 0.6 is 0 Å². The Bertz CT molecular complexity index is 1330. The van der Waals surface area contributed by atoms with Gasteiger partial charge in [-0.15, -0.1) is 6.58 Å². The molecule has 6 nitrogen and oxygen atoms in total. The lowest BCUT2D eigenvalue weighted by atomic mass is 9.67. The molecular formula is C24H17N3O3. The smallest absolute Gasteiger partial charge is 0.247 e. The van der Waals surface area contributed by atoms with Crippen LogP contribution in [0.1, 0.15) is 32.7 Å². The zero-order valence-electron chi connectivity index (χ0n) is 16.2. The summed E-state index contributed by atoms with van der Waals surface area (Å²) in [5, 5.41) is 7.39. The van der Waals surface area contributed by atoms with Crippen LogP contribution in [0.15, 0.2) is 71.3 Å². The highest BCUT2D eigenvalue weighted by Crippen LogP contribution is 2.59. The summed E-state index contributed by atoms with van der Waals surface area (Å²) in [5.41, 5.74) is 3.81. The third-order valence-electron chi connectivity index (χ3n) is 6.25. The predicted molar refractivity (Wildman–Crippen MR) is 112 cm³/mol. The van der Waals surface area contributed by atoms with Crippen molar-refractivity contribution in [1.82, 2.24) is 5.16 Å². The highest BCUT2D eigenvalue weighted by molar-refractivity contribution is 6.31. The molecule has 0 saturated carbocycles. The maximum absolute atomic E-state index is 14.2. The second-order valence-electron chi connectivity index (χ2n) is 7.69. The lowest BCUT2D eigenvalue weighted by Gasteiger charge is -2.34. The van der Waals surface area contributed by atoms with Crippen molar-refractivity contribution in [2.24, 2.45) is 0 Å². The van der Waals surface area contributed by atoms with E-state index in [1.54, 1.807) is 24.0 Å². The number of aromatic nitrogens is 1. The van der Waals surface area contributed by atoms with Gasteiger partial charge in [-0.3, -0.25) is 9.59 Å². The molecule has 1 aliphatic carbocycles. The minimum atomic E-state index is -1.31. The van der Waals surface area contributed by atoms with Crippen molar-refractivity contribution < 1.29 is 14.1 Å². The summed E-state index contributed by atoms with van der Waals surface area (Å²) >= 11 is 0. The molecule has 1 unspecified atom stereocenters. The number of nitrogens with zero attached hydrogens (tertiary/aromatic N) is 2. The zero-order valence-corrected chi connectivity index (χ0v) is 16.2. The van der Waals surface area contributed by atoms with Gasteiger partial charge in [-0.2, -0.15) is 0 Å². The standard InChI is InChI=1S/C24H17N3O3/c1-3-12-27-17-11-7-6-10-16(17)24(23(27)29)18-13(2)26-30-22(18)25-20-14-8-4-5-9-15(14)21(28)19(20)24/h3-11,25H,1,12H2,2H3. The van der Waals surface area contributed by atoms with Crippen molar-refractivity contribution in [1.29, 1.82) is 0 Å². The molecular weight excluding hydrogens is 378 g/mol. The molecule has 6 heteroatoms. The second kappa shape index (κ2) is 5.57. The number of rotatable bonds is 2. The molecule has 3 heterocycles. The van der Waals surface area contributed by atoms with Gasteiger partial charge in [0.2, 0.25) is 11.8 Å². The lowest BCUT2D eigenvalue weighted by Crippen LogP contribution is -2.46. The van der Waals surface area contributed by atoms with Crippen LogP contribution in [-0.2, 0) is 10.2 Å². The molecule has 1 amide bonds. The molecule has 30 heavy (non-hydrogen) atoms. The van der Waals surface area contributed by atoms with Gasteiger partial charge in [0.25, 0.3) is 0 Å².